The van der Waals surface area contributed by atoms with Crippen molar-refractivity contribution < 1.29 is 4.79 Å². The molecular formula is C13H18N2OS. The number of anilines is 1. The fraction of sp³-hybridized carbons (Fsp3) is 0.385. The maximum absolute atomic E-state index is 11.1. The molecule has 0 aliphatic rings. The van der Waals surface area contributed by atoms with Gasteiger partial charge in [-0.15, -0.1) is 0 Å². The molecule has 0 saturated heterocycles. The van der Waals surface area contributed by atoms with Crippen LogP contribution in [-0.2, 0) is 0 Å². The number of rotatable bonds is 4. The molecule has 0 aromatic heterocycles. The van der Waals surface area contributed by atoms with Gasteiger partial charge in [-0.05, 0) is 56.8 Å². The number of ketones is 1. The van der Waals surface area contributed by atoms with Gasteiger partial charge in [-0.3, -0.25) is 4.79 Å². The first kappa shape index (κ1) is 13.6. The monoisotopic (exact) mass is 250 g/mol. The van der Waals surface area contributed by atoms with Gasteiger partial charge in [-0.1, -0.05) is 6.92 Å². The summed E-state index contributed by atoms with van der Waals surface area (Å²) in [5.41, 5.74) is 1.59. The summed E-state index contributed by atoms with van der Waals surface area (Å²) in [6, 6.07) is 7.63. The molecule has 92 valence electrons. The van der Waals surface area contributed by atoms with E-state index in [-0.39, 0.29) is 5.78 Å². The lowest BCUT2D eigenvalue weighted by Gasteiger charge is -2.15. The van der Waals surface area contributed by atoms with Crippen LogP contribution in [-0.4, -0.2) is 16.9 Å². The van der Waals surface area contributed by atoms with Gasteiger partial charge in [0.25, 0.3) is 0 Å². The Kier molecular flexibility index (Phi) is 5.10. The second-order valence-electron chi connectivity index (χ2n) is 4.04. The molecule has 1 aromatic rings. The summed E-state index contributed by atoms with van der Waals surface area (Å²) >= 11 is 5.17. The van der Waals surface area contributed by atoms with Gasteiger partial charge in [-0.2, -0.15) is 0 Å². The van der Waals surface area contributed by atoms with Gasteiger partial charge >= 0.3 is 0 Å². The third kappa shape index (κ3) is 4.53. The normalized spacial score (nSPS) is 11.7. The van der Waals surface area contributed by atoms with Crippen molar-refractivity contribution in [2.45, 2.75) is 33.2 Å². The number of benzene rings is 1. The molecule has 4 heteroatoms. The minimum Gasteiger partial charge on any atom is -0.360 e. The average molecular weight is 250 g/mol. The number of nitrogens with one attached hydrogen (secondary N) is 2. The van der Waals surface area contributed by atoms with Crippen LogP contribution >= 0.6 is 12.2 Å². The quantitative estimate of drug-likeness (QED) is 0.637. The maximum Gasteiger partial charge on any atom is 0.170 e. The Labute approximate surface area is 108 Å². The molecule has 3 nitrogen and oxygen atoms in total. The van der Waals surface area contributed by atoms with E-state index < -0.39 is 0 Å². The second kappa shape index (κ2) is 6.35. The molecule has 0 aliphatic heterocycles. The Hall–Kier alpha value is -1.42. The number of carbonyl (C=O) groups is 1. The van der Waals surface area contributed by atoms with Crippen molar-refractivity contribution in [1.29, 1.82) is 0 Å². The van der Waals surface area contributed by atoms with Gasteiger partial charge in [0.2, 0.25) is 0 Å². The molecule has 0 fully saturated rings. The van der Waals surface area contributed by atoms with Crippen LogP contribution < -0.4 is 10.6 Å². The zero-order valence-corrected chi connectivity index (χ0v) is 11.2. The predicted molar refractivity (Wildman–Crippen MR) is 75.6 cm³/mol. The van der Waals surface area contributed by atoms with Gasteiger partial charge in [0, 0.05) is 17.3 Å². The molecule has 0 heterocycles. The van der Waals surface area contributed by atoms with Crippen molar-refractivity contribution in [3.8, 4) is 0 Å². The molecule has 1 rings (SSSR count). The highest BCUT2D eigenvalue weighted by Crippen LogP contribution is 2.10. The summed E-state index contributed by atoms with van der Waals surface area (Å²) in [6.07, 6.45) is 1.02. The summed E-state index contributed by atoms with van der Waals surface area (Å²) in [5, 5.41) is 6.86. The van der Waals surface area contributed by atoms with E-state index in [0.717, 1.165) is 12.1 Å². The molecule has 0 saturated carbocycles. The highest BCUT2D eigenvalue weighted by molar-refractivity contribution is 7.80. The third-order valence-corrected chi connectivity index (χ3v) is 2.76. The number of carbonyl (C=O) groups excluding carboxylic acids is 1. The lowest BCUT2D eigenvalue weighted by molar-refractivity contribution is 0.101. The molecule has 1 atom stereocenters. The van der Waals surface area contributed by atoms with E-state index in [1.165, 1.54) is 0 Å². The van der Waals surface area contributed by atoms with E-state index in [1.807, 2.05) is 12.1 Å². The third-order valence-electron chi connectivity index (χ3n) is 2.54. The Morgan fingerprint density at radius 2 is 1.94 bits per heavy atom. The van der Waals surface area contributed by atoms with Gasteiger partial charge in [0.1, 0.15) is 0 Å². The molecule has 0 radical (unpaired) electrons. The summed E-state index contributed by atoms with van der Waals surface area (Å²) < 4.78 is 0. The zero-order chi connectivity index (χ0) is 12.8. The first-order valence-electron chi connectivity index (χ1n) is 5.71. The van der Waals surface area contributed by atoms with Gasteiger partial charge in [0.05, 0.1) is 0 Å². The van der Waals surface area contributed by atoms with Crippen LogP contribution in [0.2, 0.25) is 0 Å². The fourth-order valence-corrected chi connectivity index (χ4v) is 1.60. The van der Waals surface area contributed by atoms with Crippen LogP contribution in [0.5, 0.6) is 0 Å². The molecule has 0 spiro atoms. The molecular weight excluding hydrogens is 232 g/mol. The zero-order valence-electron chi connectivity index (χ0n) is 10.4. The lowest BCUT2D eigenvalue weighted by atomic mass is 10.1. The predicted octanol–water partition coefficient (Wildman–Crippen LogP) is 2.97. The lowest BCUT2D eigenvalue weighted by Crippen LogP contribution is -2.35. The van der Waals surface area contributed by atoms with E-state index in [9.17, 15) is 4.79 Å². The molecule has 2 N–H and O–H groups in total. The van der Waals surface area contributed by atoms with Crippen LogP contribution in [0.25, 0.3) is 0 Å². The van der Waals surface area contributed by atoms with E-state index >= 15 is 0 Å². The second-order valence-corrected chi connectivity index (χ2v) is 4.45. The highest BCUT2D eigenvalue weighted by Gasteiger charge is 2.03. The summed E-state index contributed by atoms with van der Waals surface area (Å²) in [6.45, 7) is 5.73. The Morgan fingerprint density at radius 1 is 1.35 bits per heavy atom. The molecule has 0 aliphatic carbocycles. The number of thiocarbonyl (C=S) groups is 1. The van der Waals surface area contributed by atoms with Crippen molar-refractivity contribution in [3.63, 3.8) is 0 Å². The van der Waals surface area contributed by atoms with Gasteiger partial charge in [0.15, 0.2) is 10.9 Å². The minimum atomic E-state index is 0.0665. The summed E-state index contributed by atoms with van der Waals surface area (Å²) in [5.74, 6) is 0.0665. The van der Waals surface area contributed by atoms with E-state index in [4.69, 9.17) is 12.2 Å². The molecule has 17 heavy (non-hydrogen) atoms. The van der Waals surface area contributed by atoms with Crippen LogP contribution in [0.3, 0.4) is 0 Å². The van der Waals surface area contributed by atoms with Gasteiger partial charge < -0.3 is 10.6 Å². The average Bonchev–Trinajstić information content (AvgIpc) is 2.29. The first-order valence-corrected chi connectivity index (χ1v) is 6.12. The fourth-order valence-electron chi connectivity index (χ4n) is 1.28. The maximum atomic E-state index is 11.1. The highest BCUT2D eigenvalue weighted by atomic mass is 32.1. The Bertz CT molecular complexity index is 400. The van der Waals surface area contributed by atoms with Crippen LogP contribution in [0, 0.1) is 0 Å². The largest absolute Gasteiger partial charge is 0.360 e. The smallest absolute Gasteiger partial charge is 0.170 e. The van der Waals surface area contributed by atoms with E-state index in [0.29, 0.717) is 16.7 Å². The van der Waals surface area contributed by atoms with Gasteiger partial charge in [-0.25, -0.2) is 0 Å². The minimum absolute atomic E-state index is 0.0665. The summed E-state index contributed by atoms with van der Waals surface area (Å²) in [4.78, 5) is 11.1. The number of hydrogen-bond donors (Lipinski definition) is 2. The molecule has 0 bridgehead atoms. The Morgan fingerprint density at radius 3 is 2.41 bits per heavy atom. The van der Waals surface area contributed by atoms with Crippen molar-refractivity contribution in [1.82, 2.24) is 5.32 Å². The summed E-state index contributed by atoms with van der Waals surface area (Å²) in [7, 11) is 0. The van der Waals surface area contributed by atoms with Crippen molar-refractivity contribution in [2.75, 3.05) is 5.32 Å². The van der Waals surface area contributed by atoms with Crippen molar-refractivity contribution in [3.05, 3.63) is 29.8 Å². The number of Topliss-reactive ketones (excluding diaryl/α,β-unsaturated/α-hetero) is 1. The molecule has 1 unspecified atom stereocenters. The van der Waals surface area contributed by atoms with E-state index in [2.05, 4.69) is 24.5 Å². The van der Waals surface area contributed by atoms with E-state index in [1.54, 1.807) is 19.1 Å². The van der Waals surface area contributed by atoms with Crippen molar-refractivity contribution in [2.24, 2.45) is 0 Å². The van der Waals surface area contributed by atoms with Crippen LogP contribution in [0.15, 0.2) is 24.3 Å². The molecule has 0 amide bonds. The Balaban J connectivity index is 2.57. The SMILES string of the molecule is CCC(C)NC(=S)Nc1ccc(C(C)=O)cc1. The first-order chi connectivity index (χ1) is 8.02. The van der Waals surface area contributed by atoms with Crippen LogP contribution in [0.1, 0.15) is 37.6 Å². The van der Waals surface area contributed by atoms with Crippen molar-refractivity contribution >= 4 is 28.8 Å². The van der Waals surface area contributed by atoms with Crippen LogP contribution in [0.4, 0.5) is 5.69 Å². The standard InChI is InChI=1S/C13H18N2OS/c1-4-9(2)14-13(17)15-12-7-5-11(6-8-12)10(3)16/h5-9H,4H2,1-3H3,(H2,14,15,17). The molecule has 1 aromatic carbocycles. The number of hydrogen-bond acceptors (Lipinski definition) is 2. The topological polar surface area (TPSA) is 41.1 Å².